The van der Waals surface area contributed by atoms with Crippen molar-refractivity contribution in [3.05, 3.63) is 71.9 Å². The number of carbonyl (C=O) groups is 1. The minimum absolute atomic E-state index is 0.0170. The van der Waals surface area contributed by atoms with Crippen LogP contribution in [0.3, 0.4) is 0 Å². The average Bonchev–Trinajstić information content (AvgIpc) is 3.43. The Bertz CT molecular complexity index is 1290. The van der Waals surface area contributed by atoms with Crippen molar-refractivity contribution in [1.29, 1.82) is 0 Å². The Morgan fingerprint density at radius 1 is 1.09 bits per heavy atom. The molecule has 2 aromatic carbocycles. The summed E-state index contributed by atoms with van der Waals surface area (Å²) >= 11 is 0. The van der Waals surface area contributed by atoms with Crippen molar-refractivity contribution in [3.63, 3.8) is 0 Å². The van der Waals surface area contributed by atoms with E-state index >= 15 is 0 Å². The van der Waals surface area contributed by atoms with Crippen LogP contribution in [0.1, 0.15) is 17.5 Å². The molecule has 1 aliphatic rings. The Morgan fingerprint density at radius 3 is 2.58 bits per heavy atom. The van der Waals surface area contributed by atoms with Crippen molar-refractivity contribution in [2.75, 3.05) is 18.4 Å². The molecule has 0 unspecified atom stereocenters. The predicted molar refractivity (Wildman–Crippen MR) is 129 cm³/mol. The molecule has 33 heavy (non-hydrogen) atoms. The first-order chi connectivity index (χ1) is 16.1. The number of amides is 1. The molecule has 0 bridgehead atoms. The Labute approximate surface area is 193 Å². The van der Waals surface area contributed by atoms with Crippen LogP contribution in [0.4, 0.5) is 5.82 Å². The SMILES string of the molecule is [B]c1cnn2c(NCCCNC(=O)C3Cc4ccccc4C3)cc(-c3ccccc3O)nc12. The smallest absolute Gasteiger partial charge is 0.223 e. The minimum Gasteiger partial charge on any atom is -0.507 e. The molecular weight excluding hydrogens is 413 g/mol. The van der Waals surface area contributed by atoms with Gasteiger partial charge < -0.3 is 15.7 Å². The number of phenolic OH excluding ortho intramolecular Hbond substituents is 1. The van der Waals surface area contributed by atoms with Crippen molar-refractivity contribution in [3.8, 4) is 17.0 Å². The van der Waals surface area contributed by atoms with E-state index < -0.39 is 0 Å². The van der Waals surface area contributed by atoms with Crippen LogP contribution in [0.5, 0.6) is 5.75 Å². The lowest BCUT2D eigenvalue weighted by atomic mass is 10.0. The molecule has 0 saturated carbocycles. The molecule has 0 spiro atoms. The molecule has 7 nitrogen and oxygen atoms in total. The van der Waals surface area contributed by atoms with Gasteiger partial charge in [-0.2, -0.15) is 9.61 Å². The van der Waals surface area contributed by atoms with Crippen LogP contribution in [0.2, 0.25) is 0 Å². The van der Waals surface area contributed by atoms with Gasteiger partial charge in [-0.1, -0.05) is 36.4 Å². The monoisotopic (exact) mass is 437 g/mol. The summed E-state index contributed by atoms with van der Waals surface area (Å²) in [5.41, 5.74) is 4.75. The van der Waals surface area contributed by atoms with Gasteiger partial charge in [0.2, 0.25) is 5.91 Å². The second-order valence-corrected chi connectivity index (χ2v) is 8.32. The maximum absolute atomic E-state index is 12.6. The molecule has 2 aromatic heterocycles. The summed E-state index contributed by atoms with van der Waals surface area (Å²) in [4.78, 5) is 17.1. The van der Waals surface area contributed by atoms with Gasteiger partial charge >= 0.3 is 0 Å². The topological polar surface area (TPSA) is 91.5 Å². The van der Waals surface area contributed by atoms with Gasteiger partial charge in [-0.3, -0.25) is 4.79 Å². The second kappa shape index (κ2) is 8.98. The first kappa shape index (κ1) is 21.1. The standard InChI is InChI=1S/C25H24BN5O2/c26-20-15-29-31-23(14-21(30-24(20)31)19-8-3-4-9-22(19)32)27-10-5-11-28-25(33)18-12-16-6-1-2-7-17(16)13-18/h1-4,6-9,14-15,18,27,32H,5,10-13H2,(H,28,33). The van der Waals surface area contributed by atoms with Crippen LogP contribution in [0.25, 0.3) is 16.9 Å². The molecule has 1 aliphatic carbocycles. The Balaban J connectivity index is 1.20. The van der Waals surface area contributed by atoms with E-state index in [1.807, 2.05) is 24.3 Å². The Morgan fingerprint density at radius 2 is 1.82 bits per heavy atom. The third-order valence-corrected chi connectivity index (χ3v) is 6.06. The number of aromatic nitrogens is 3. The predicted octanol–water partition coefficient (Wildman–Crippen LogP) is 2.23. The molecule has 5 rings (SSSR count). The lowest BCUT2D eigenvalue weighted by molar-refractivity contribution is -0.124. The second-order valence-electron chi connectivity index (χ2n) is 8.32. The van der Waals surface area contributed by atoms with Gasteiger partial charge in [0.25, 0.3) is 0 Å². The van der Waals surface area contributed by atoms with Gasteiger partial charge in [0.15, 0.2) is 5.65 Å². The van der Waals surface area contributed by atoms with E-state index in [2.05, 4.69) is 32.8 Å². The number of carbonyl (C=O) groups excluding carboxylic acids is 1. The summed E-state index contributed by atoms with van der Waals surface area (Å²) in [6.07, 6.45) is 3.93. The minimum atomic E-state index is 0.0170. The van der Waals surface area contributed by atoms with Crippen LogP contribution >= 0.6 is 0 Å². The molecule has 164 valence electrons. The fourth-order valence-corrected chi connectivity index (χ4v) is 4.34. The number of phenols is 1. The van der Waals surface area contributed by atoms with Gasteiger partial charge in [0.05, 0.1) is 5.69 Å². The quantitative estimate of drug-likeness (QED) is 0.305. The van der Waals surface area contributed by atoms with Gasteiger partial charge in [-0.15, -0.1) is 0 Å². The number of fused-ring (bicyclic) bond motifs is 2. The first-order valence-electron chi connectivity index (χ1n) is 11.1. The van der Waals surface area contributed by atoms with Gasteiger partial charge in [0.1, 0.15) is 19.4 Å². The zero-order chi connectivity index (χ0) is 22.8. The Kier molecular flexibility index (Phi) is 5.73. The molecule has 0 aliphatic heterocycles. The fraction of sp³-hybridized carbons (Fsp3) is 0.240. The summed E-state index contributed by atoms with van der Waals surface area (Å²) in [6, 6.07) is 17.1. The number of hydrogen-bond donors (Lipinski definition) is 3. The van der Waals surface area contributed by atoms with Crippen molar-refractivity contribution in [1.82, 2.24) is 19.9 Å². The van der Waals surface area contributed by atoms with Crippen molar-refractivity contribution >= 4 is 30.7 Å². The number of nitrogens with one attached hydrogen (secondary N) is 2. The third-order valence-electron chi connectivity index (χ3n) is 6.06. The number of hydrogen-bond acceptors (Lipinski definition) is 5. The van der Waals surface area contributed by atoms with Crippen molar-refractivity contribution < 1.29 is 9.90 Å². The van der Waals surface area contributed by atoms with E-state index in [0.717, 1.165) is 19.3 Å². The zero-order valence-corrected chi connectivity index (χ0v) is 18.2. The summed E-state index contributed by atoms with van der Waals surface area (Å²) in [6.45, 7) is 1.21. The highest BCUT2D eigenvalue weighted by Gasteiger charge is 2.26. The first-order valence-corrected chi connectivity index (χ1v) is 11.1. The number of nitrogens with zero attached hydrogens (tertiary/aromatic N) is 3. The summed E-state index contributed by atoms with van der Waals surface area (Å²) in [5.74, 6) is 0.991. The largest absolute Gasteiger partial charge is 0.507 e. The highest BCUT2D eigenvalue weighted by atomic mass is 16.3. The molecule has 8 heteroatoms. The van der Waals surface area contributed by atoms with E-state index in [1.165, 1.54) is 11.1 Å². The molecule has 2 radical (unpaired) electrons. The van der Waals surface area contributed by atoms with Gasteiger partial charge in [-0.25, -0.2) is 4.98 Å². The molecule has 1 amide bonds. The normalized spacial score (nSPS) is 13.2. The molecule has 0 atom stereocenters. The van der Waals surface area contributed by atoms with Crippen LogP contribution in [0, 0.1) is 5.92 Å². The van der Waals surface area contributed by atoms with E-state index in [-0.39, 0.29) is 17.6 Å². The number of anilines is 1. The van der Waals surface area contributed by atoms with Gasteiger partial charge in [-0.05, 0) is 48.0 Å². The molecule has 2 heterocycles. The maximum atomic E-state index is 12.6. The van der Waals surface area contributed by atoms with E-state index in [0.29, 0.717) is 41.3 Å². The maximum Gasteiger partial charge on any atom is 0.223 e. The highest BCUT2D eigenvalue weighted by molar-refractivity contribution is 6.36. The number of benzene rings is 2. The average molecular weight is 437 g/mol. The summed E-state index contributed by atoms with van der Waals surface area (Å²) in [7, 11) is 6.05. The number of para-hydroxylation sites is 1. The fourth-order valence-electron chi connectivity index (χ4n) is 4.34. The molecule has 0 fully saturated rings. The van der Waals surface area contributed by atoms with Crippen molar-refractivity contribution in [2.45, 2.75) is 19.3 Å². The molecular formula is C25H24BN5O2. The molecule has 3 N–H and O–H groups in total. The third kappa shape index (κ3) is 4.28. The highest BCUT2D eigenvalue weighted by Crippen LogP contribution is 2.29. The van der Waals surface area contributed by atoms with E-state index in [1.54, 1.807) is 28.9 Å². The summed E-state index contributed by atoms with van der Waals surface area (Å²) < 4.78 is 1.65. The number of aromatic hydroxyl groups is 1. The van der Waals surface area contributed by atoms with Gasteiger partial charge in [0, 0.05) is 36.8 Å². The lowest BCUT2D eigenvalue weighted by Gasteiger charge is -2.13. The van der Waals surface area contributed by atoms with Crippen molar-refractivity contribution in [2.24, 2.45) is 5.92 Å². The number of rotatable bonds is 7. The molecule has 0 saturated heterocycles. The Hall–Kier alpha value is -3.81. The zero-order valence-electron chi connectivity index (χ0n) is 18.2. The van der Waals surface area contributed by atoms with Crippen LogP contribution in [0.15, 0.2) is 60.8 Å². The van der Waals surface area contributed by atoms with Crippen LogP contribution < -0.4 is 16.1 Å². The van der Waals surface area contributed by atoms with E-state index in [4.69, 9.17) is 7.85 Å². The lowest BCUT2D eigenvalue weighted by Crippen LogP contribution is -2.32. The summed E-state index contributed by atoms with van der Waals surface area (Å²) in [5, 5.41) is 21.0. The van der Waals surface area contributed by atoms with Crippen LogP contribution in [-0.2, 0) is 17.6 Å². The molecule has 4 aromatic rings. The van der Waals surface area contributed by atoms with Crippen LogP contribution in [-0.4, -0.2) is 46.5 Å². The van der Waals surface area contributed by atoms with E-state index in [9.17, 15) is 9.90 Å².